The smallest absolute Gasteiger partial charge is 0.0494 e. The summed E-state index contributed by atoms with van der Waals surface area (Å²) in [5, 5.41) is 3.48. The van der Waals surface area contributed by atoms with E-state index < -0.39 is 0 Å². The topological polar surface area (TPSA) is 21.3 Å². The van der Waals surface area contributed by atoms with E-state index in [0.717, 1.165) is 31.6 Å². The number of unbranched alkanes of at least 4 members (excludes halogenated alkanes) is 2. The second-order valence-electron chi connectivity index (χ2n) is 5.88. The molecular formula is C15H31NO. The van der Waals surface area contributed by atoms with Crippen LogP contribution in [0.15, 0.2) is 0 Å². The maximum atomic E-state index is 5.74. The molecule has 1 aliphatic carbocycles. The third-order valence-electron chi connectivity index (χ3n) is 3.52. The molecule has 1 saturated carbocycles. The largest absolute Gasteiger partial charge is 0.381 e. The number of rotatable bonds is 10. The van der Waals surface area contributed by atoms with Crippen LogP contribution in [0.4, 0.5) is 0 Å². The molecule has 1 N–H and O–H groups in total. The van der Waals surface area contributed by atoms with E-state index in [1.807, 2.05) is 0 Å². The van der Waals surface area contributed by atoms with E-state index in [4.69, 9.17) is 4.74 Å². The Morgan fingerprint density at radius 1 is 1.12 bits per heavy atom. The lowest BCUT2D eigenvalue weighted by molar-refractivity contribution is 0.0979. The molecule has 0 aliphatic heterocycles. The summed E-state index contributed by atoms with van der Waals surface area (Å²) >= 11 is 0. The van der Waals surface area contributed by atoms with Crippen LogP contribution in [0.3, 0.4) is 0 Å². The van der Waals surface area contributed by atoms with Crippen molar-refractivity contribution in [1.29, 1.82) is 0 Å². The molecule has 102 valence electrons. The molecule has 0 bridgehead atoms. The van der Waals surface area contributed by atoms with E-state index in [1.54, 1.807) is 0 Å². The van der Waals surface area contributed by atoms with Gasteiger partial charge >= 0.3 is 0 Å². The Hall–Kier alpha value is -0.0800. The summed E-state index contributed by atoms with van der Waals surface area (Å²) in [6, 6.07) is 0. The van der Waals surface area contributed by atoms with Crippen LogP contribution in [0.25, 0.3) is 0 Å². The first kappa shape index (κ1) is 15.0. The van der Waals surface area contributed by atoms with Gasteiger partial charge in [-0.2, -0.15) is 0 Å². The lowest BCUT2D eigenvalue weighted by atomic mass is 10.1. The number of ether oxygens (including phenoxy) is 1. The maximum Gasteiger partial charge on any atom is 0.0494 e. The van der Waals surface area contributed by atoms with E-state index in [0.29, 0.717) is 0 Å². The standard InChI is InChI=1S/C15H31NO/c1-14(2)12-16-10-6-3-7-11-17-13-15-8-4-5-9-15/h14-16H,3-13H2,1-2H3. The minimum Gasteiger partial charge on any atom is -0.381 e. The third kappa shape index (κ3) is 8.62. The van der Waals surface area contributed by atoms with Gasteiger partial charge in [-0.1, -0.05) is 26.7 Å². The van der Waals surface area contributed by atoms with Gasteiger partial charge in [-0.15, -0.1) is 0 Å². The normalized spacial score (nSPS) is 17.1. The van der Waals surface area contributed by atoms with Crippen LogP contribution in [-0.2, 0) is 4.74 Å². The lowest BCUT2D eigenvalue weighted by Crippen LogP contribution is -2.20. The number of nitrogens with one attached hydrogen (secondary N) is 1. The summed E-state index contributed by atoms with van der Waals surface area (Å²) in [4.78, 5) is 0. The van der Waals surface area contributed by atoms with Crippen molar-refractivity contribution in [3.8, 4) is 0 Å². The average molecular weight is 241 g/mol. The molecule has 0 aromatic carbocycles. The molecule has 0 radical (unpaired) electrons. The van der Waals surface area contributed by atoms with Gasteiger partial charge in [-0.05, 0) is 57.0 Å². The molecule has 1 rings (SSSR count). The monoisotopic (exact) mass is 241 g/mol. The van der Waals surface area contributed by atoms with Gasteiger partial charge in [0, 0.05) is 13.2 Å². The molecule has 0 amide bonds. The molecule has 1 fully saturated rings. The van der Waals surface area contributed by atoms with E-state index in [2.05, 4.69) is 19.2 Å². The molecule has 17 heavy (non-hydrogen) atoms. The fraction of sp³-hybridized carbons (Fsp3) is 1.00. The van der Waals surface area contributed by atoms with E-state index in [9.17, 15) is 0 Å². The Balaban J connectivity index is 1.72. The molecule has 0 saturated heterocycles. The molecule has 0 aromatic heterocycles. The van der Waals surface area contributed by atoms with Crippen molar-refractivity contribution in [2.24, 2.45) is 11.8 Å². The Morgan fingerprint density at radius 3 is 2.59 bits per heavy atom. The van der Waals surface area contributed by atoms with Gasteiger partial charge in [0.15, 0.2) is 0 Å². The Labute approximate surface area is 108 Å². The van der Waals surface area contributed by atoms with Gasteiger partial charge in [0.1, 0.15) is 0 Å². The second kappa shape index (κ2) is 9.90. The van der Waals surface area contributed by atoms with Crippen molar-refractivity contribution in [2.45, 2.75) is 58.8 Å². The summed E-state index contributed by atoms with van der Waals surface area (Å²) in [6.45, 7) is 8.82. The lowest BCUT2D eigenvalue weighted by Gasteiger charge is -2.10. The summed E-state index contributed by atoms with van der Waals surface area (Å²) in [6.07, 6.45) is 9.48. The molecule has 0 spiro atoms. The highest BCUT2D eigenvalue weighted by Gasteiger charge is 2.14. The molecule has 0 unspecified atom stereocenters. The molecule has 0 heterocycles. The summed E-state index contributed by atoms with van der Waals surface area (Å²) < 4.78 is 5.74. The van der Waals surface area contributed by atoms with Crippen molar-refractivity contribution in [1.82, 2.24) is 5.32 Å². The van der Waals surface area contributed by atoms with Gasteiger partial charge in [0.2, 0.25) is 0 Å². The Kier molecular flexibility index (Phi) is 8.72. The van der Waals surface area contributed by atoms with Crippen LogP contribution in [0.5, 0.6) is 0 Å². The van der Waals surface area contributed by atoms with E-state index in [1.165, 1.54) is 51.5 Å². The van der Waals surface area contributed by atoms with Crippen LogP contribution >= 0.6 is 0 Å². The van der Waals surface area contributed by atoms with Crippen molar-refractivity contribution in [2.75, 3.05) is 26.3 Å². The first-order valence-corrected chi connectivity index (χ1v) is 7.57. The van der Waals surface area contributed by atoms with Crippen molar-refractivity contribution in [3.05, 3.63) is 0 Å². The van der Waals surface area contributed by atoms with Crippen LogP contribution in [0, 0.1) is 11.8 Å². The minimum atomic E-state index is 0.768. The SMILES string of the molecule is CC(C)CNCCCCCOCC1CCCC1. The Morgan fingerprint density at radius 2 is 1.88 bits per heavy atom. The zero-order chi connectivity index (χ0) is 12.3. The van der Waals surface area contributed by atoms with Gasteiger partial charge in [0.05, 0.1) is 0 Å². The highest BCUT2D eigenvalue weighted by atomic mass is 16.5. The number of hydrogen-bond donors (Lipinski definition) is 1. The quantitative estimate of drug-likeness (QED) is 0.590. The summed E-state index contributed by atoms with van der Waals surface area (Å²) in [5.74, 6) is 1.65. The van der Waals surface area contributed by atoms with Gasteiger partial charge in [-0.25, -0.2) is 0 Å². The van der Waals surface area contributed by atoms with Gasteiger partial charge in [-0.3, -0.25) is 0 Å². The van der Waals surface area contributed by atoms with Crippen molar-refractivity contribution in [3.63, 3.8) is 0 Å². The molecule has 2 nitrogen and oxygen atoms in total. The number of hydrogen-bond acceptors (Lipinski definition) is 2. The zero-order valence-corrected chi connectivity index (χ0v) is 11.8. The first-order chi connectivity index (χ1) is 8.29. The fourth-order valence-corrected chi connectivity index (χ4v) is 2.45. The fourth-order valence-electron chi connectivity index (χ4n) is 2.45. The predicted octanol–water partition coefficient (Wildman–Crippen LogP) is 3.61. The highest BCUT2D eigenvalue weighted by Crippen LogP contribution is 2.24. The predicted molar refractivity (Wildman–Crippen MR) is 74.3 cm³/mol. The van der Waals surface area contributed by atoms with Crippen LogP contribution < -0.4 is 5.32 Å². The van der Waals surface area contributed by atoms with Crippen LogP contribution in [0.2, 0.25) is 0 Å². The van der Waals surface area contributed by atoms with Crippen LogP contribution in [-0.4, -0.2) is 26.3 Å². The van der Waals surface area contributed by atoms with Gasteiger partial charge < -0.3 is 10.1 Å². The van der Waals surface area contributed by atoms with Crippen LogP contribution in [0.1, 0.15) is 58.8 Å². The molecule has 1 aliphatic rings. The molecule has 2 heteroatoms. The second-order valence-corrected chi connectivity index (χ2v) is 5.88. The van der Waals surface area contributed by atoms with E-state index >= 15 is 0 Å². The summed E-state index contributed by atoms with van der Waals surface area (Å²) in [7, 11) is 0. The third-order valence-corrected chi connectivity index (χ3v) is 3.52. The summed E-state index contributed by atoms with van der Waals surface area (Å²) in [5.41, 5.74) is 0. The Bertz CT molecular complexity index is 164. The zero-order valence-electron chi connectivity index (χ0n) is 11.8. The van der Waals surface area contributed by atoms with E-state index in [-0.39, 0.29) is 0 Å². The maximum absolute atomic E-state index is 5.74. The highest BCUT2D eigenvalue weighted by molar-refractivity contribution is 4.66. The molecular weight excluding hydrogens is 210 g/mol. The van der Waals surface area contributed by atoms with Crippen molar-refractivity contribution >= 4 is 0 Å². The molecule has 0 aromatic rings. The molecule has 0 atom stereocenters. The van der Waals surface area contributed by atoms with Gasteiger partial charge in [0.25, 0.3) is 0 Å². The minimum absolute atomic E-state index is 0.768. The average Bonchev–Trinajstić information content (AvgIpc) is 2.79. The first-order valence-electron chi connectivity index (χ1n) is 7.57. The van der Waals surface area contributed by atoms with Crippen molar-refractivity contribution < 1.29 is 4.74 Å².